The molecule has 0 fully saturated rings. The third-order valence-electron chi connectivity index (χ3n) is 3.55. The van der Waals surface area contributed by atoms with Gasteiger partial charge in [0.1, 0.15) is 16.5 Å². The van der Waals surface area contributed by atoms with E-state index in [1.807, 2.05) is 20.8 Å². The van der Waals surface area contributed by atoms with Crippen LogP contribution in [-0.4, -0.2) is 24.7 Å². The highest BCUT2D eigenvalue weighted by Crippen LogP contribution is 2.39. The number of ether oxygens (including phenoxy) is 2. The van der Waals surface area contributed by atoms with E-state index < -0.39 is 5.60 Å². The molecular formula is C14H21NO3S. The molecule has 0 amide bonds. The number of thiazole rings is 1. The standard InChI is InChI=1S/C14H21NO3S/c1-5-18-12(16)9-7-6-8-10-11(9)15-13(19-10)14(2,3)17-4/h9H,5-8H2,1-4H3. The van der Waals surface area contributed by atoms with Gasteiger partial charge in [0, 0.05) is 12.0 Å². The van der Waals surface area contributed by atoms with Gasteiger partial charge < -0.3 is 9.47 Å². The molecule has 0 aliphatic heterocycles. The van der Waals surface area contributed by atoms with Gasteiger partial charge >= 0.3 is 5.97 Å². The molecule has 1 unspecified atom stereocenters. The zero-order valence-electron chi connectivity index (χ0n) is 12.0. The van der Waals surface area contributed by atoms with Crippen LogP contribution in [-0.2, 0) is 26.3 Å². The lowest BCUT2D eigenvalue weighted by Crippen LogP contribution is -2.22. The van der Waals surface area contributed by atoms with Crippen LogP contribution in [0.2, 0.25) is 0 Å². The first-order chi connectivity index (χ1) is 8.99. The Morgan fingerprint density at radius 3 is 2.89 bits per heavy atom. The molecule has 2 rings (SSSR count). The van der Waals surface area contributed by atoms with Crippen LogP contribution < -0.4 is 0 Å². The van der Waals surface area contributed by atoms with Crippen LogP contribution in [0.4, 0.5) is 0 Å². The highest BCUT2D eigenvalue weighted by atomic mass is 32.1. The predicted molar refractivity (Wildman–Crippen MR) is 74.5 cm³/mol. The number of rotatable bonds is 4. The summed E-state index contributed by atoms with van der Waals surface area (Å²) >= 11 is 1.66. The monoisotopic (exact) mass is 283 g/mol. The van der Waals surface area contributed by atoms with Gasteiger partial charge in [-0.1, -0.05) is 0 Å². The van der Waals surface area contributed by atoms with E-state index in [4.69, 9.17) is 9.47 Å². The molecule has 5 heteroatoms. The molecule has 4 nitrogen and oxygen atoms in total. The molecule has 106 valence electrons. The van der Waals surface area contributed by atoms with Crippen LogP contribution in [0.25, 0.3) is 0 Å². The quantitative estimate of drug-likeness (QED) is 0.797. The number of hydrogen-bond acceptors (Lipinski definition) is 5. The summed E-state index contributed by atoms with van der Waals surface area (Å²) in [5.74, 6) is -0.336. The lowest BCUT2D eigenvalue weighted by molar-refractivity contribution is -0.145. The van der Waals surface area contributed by atoms with Gasteiger partial charge in [0.05, 0.1) is 12.3 Å². The summed E-state index contributed by atoms with van der Waals surface area (Å²) in [5.41, 5.74) is 0.510. The molecule has 19 heavy (non-hydrogen) atoms. The summed E-state index contributed by atoms with van der Waals surface area (Å²) in [6.07, 6.45) is 2.86. The number of carbonyl (C=O) groups excluding carboxylic acids is 1. The van der Waals surface area contributed by atoms with Crippen molar-refractivity contribution in [2.45, 2.75) is 51.6 Å². The van der Waals surface area contributed by atoms with Crippen LogP contribution >= 0.6 is 11.3 Å². The topological polar surface area (TPSA) is 48.4 Å². The first-order valence-electron chi connectivity index (χ1n) is 6.71. The van der Waals surface area contributed by atoms with Gasteiger partial charge in [-0.3, -0.25) is 4.79 Å². The Balaban J connectivity index is 2.32. The van der Waals surface area contributed by atoms with Crippen molar-refractivity contribution < 1.29 is 14.3 Å². The van der Waals surface area contributed by atoms with Crippen molar-refractivity contribution >= 4 is 17.3 Å². The van der Waals surface area contributed by atoms with E-state index >= 15 is 0 Å². The van der Waals surface area contributed by atoms with Crippen molar-refractivity contribution in [3.63, 3.8) is 0 Å². The molecule has 1 aromatic rings. The first kappa shape index (κ1) is 14.5. The smallest absolute Gasteiger partial charge is 0.315 e. The molecule has 0 aromatic carbocycles. The van der Waals surface area contributed by atoms with Crippen molar-refractivity contribution in [3.8, 4) is 0 Å². The molecule has 1 aromatic heterocycles. The van der Waals surface area contributed by atoms with Crippen LogP contribution in [0, 0.1) is 0 Å². The van der Waals surface area contributed by atoms with Crippen LogP contribution in [0.1, 0.15) is 55.1 Å². The minimum atomic E-state index is -0.402. The first-order valence-corrected chi connectivity index (χ1v) is 7.53. The summed E-state index contributed by atoms with van der Waals surface area (Å²) in [6, 6.07) is 0. The second kappa shape index (κ2) is 5.59. The molecular weight excluding hydrogens is 262 g/mol. The maximum Gasteiger partial charge on any atom is 0.315 e. The van der Waals surface area contributed by atoms with E-state index in [-0.39, 0.29) is 11.9 Å². The molecule has 0 N–H and O–H groups in total. The Morgan fingerprint density at radius 2 is 2.26 bits per heavy atom. The molecule has 1 heterocycles. The van der Waals surface area contributed by atoms with Crippen molar-refractivity contribution in [2.75, 3.05) is 13.7 Å². The van der Waals surface area contributed by atoms with E-state index in [2.05, 4.69) is 4.98 Å². The van der Waals surface area contributed by atoms with E-state index in [0.29, 0.717) is 6.61 Å². The normalized spacial score (nSPS) is 19.1. The number of carbonyl (C=O) groups is 1. The van der Waals surface area contributed by atoms with Crippen molar-refractivity contribution in [3.05, 3.63) is 15.6 Å². The Bertz CT molecular complexity index is 467. The van der Waals surface area contributed by atoms with Crippen LogP contribution in [0.15, 0.2) is 0 Å². The van der Waals surface area contributed by atoms with Gasteiger partial charge in [0.2, 0.25) is 0 Å². The fourth-order valence-electron chi connectivity index (χ4n) is 2.24. The SMILES string of the molecule is CCOC(=O)C1CCCc2sc(C(C)(C)OC)nc21. The van der Waals surface area contributed by atoms with Crippen molar-refractivity contribution in [1.82, 2.24) is 4.98 Å². The largest absolute Gasteiger partial charge is 0.465 e. The zero-order valence-corrected chi connectivity index (χ0v) is 12.8. The average Bonchev–Trinajstić information content (AvgIpc) is 2.83. The van der Waals surface area contributed by atoms with Gasteiger partial charge in [-0.2, -0.15) is 0 Å². The number of esters is 1. The second-order valence-electron chi connectivity index (χ2n) is 5.24. The third kappa shape index (κ3) is 2.82. The molecule has 1 aliphatic rings. The average molecular weight is 283 g/mol. The van der Waals surface area contributed by atoms with E-state index in [9.17, 15) is 4.79 Å². The van der Waals surface area contributed by atoms with Gasteiger partial charge in [-0.05, 0) is 40.0 Å². The molecule has 1 atom stereocenters. The fraction of sp³-hybridized carbons (Fsp3) is 0.714. The Hall–Kier alpha value is -0.940. The van der Waals surface area contributed by atoms with Crippen LogP contribution in [0.3, 0.4) is 0 Å². The van der Waals surface area contributed by atoms with Gasteiger partial charge in [-0.25, -0.2) is 4.98 Å². The van der Waals surface area contributed by atoms with Crippen molar-refractivity contribution in [2.24, 2.45) is 0 Å². The Kier molecular flexibility index (Phi) is 4.26. The highest BCUT2D eigenvalue weighted by molar-refractivity contribution is 7.11. The zero-order chi connectivity index (χ0) is 14.0. The Morgan fingerprint density at radius 1 is 1.53 bits per heavy atom. The number of nitrogens with zero attached hydrogens (tertiary/aromatic N) is 1. The minimum absolute atomic E-state index is 0.143. The lowest BCUT2D eigenvalue weighted by Gasteiger charge is -2.20. The third-order valence-corrected chi connectivity index (χ3v) is 4.99. The molecule has 1 aliphatic carbocycles. The number of methoxy groups -OCH3 is 1. The van der Waals surface area contributed by atoms with E-state index in [0.717, 1.165) is 30.0 Å². The van der Waals surface area contributed by atoms with Gasteiger partial charge in [0.25, 0.3) is 0 Å². The lowest BCUT2D eigenvalue weighted by atomic mass is 9.91. The summed E-state index contributed by atoms with van der Waals surface area (Å²) in [4.78, 5) is 17.9. The number of fused-ring (bicyclic) bond motifs is 1. The molecule has 0 spiro atoms. The number of aryl methyl sites for hydroxylation is 1. The summed E-state index contributed by atoms with van der Waals surface area (Å²) in [5, 5.41) is 0.941. The number of aromatic nitrogens is 1. The Labute approximate surface area is 118 Å². The van der Waals surface area contributed by atoms with E-state index in [1.165, 1.54) is 4.88 Å². The summed E-state index contributed by atoms with van der Waals surface area (Å²) < 4.78 is 10.6. The predicted octanol–water partition coefficient (Wildman–Crippen LogP) is 3.01. The fourth-order valence-corrected chi connectivity index (χ4v) is 3.48. The summed E-state index contributed by atoms with van der Waals surface area (Å²) in [7, 11) is 1.68. The van der Waals surface area contributed by atoms with Crippen molar-refractivity contribution in [1.29, 1.82) is 0 Å². The minimum Gasteiger partial charge on any atom is -0.465 e. The number of hydrogen-bond donors (Lipinski definition) is 0. The molecule has 0 bridgehead atoms. The second-order valence-corrected chi connectivity index (χ2v) is 6.32. The van der Waals surface area contributed by atoms with Crippen LogP contribution in [0.5, 0.6) is 0 Å². The molecule has 0 saturated heterocycles. The van der Waals surface area contributed by atoms with Gasteiger partial charge in [-0.15, -0.1) is 11.3 Å². The molecule has 0 saturated carbocycles. The molecule has 0 radical (unpaired) electrons. The maximum absolute atomic E-state index is 12.0. The highest BCUT2D eigenvalue weighted by Gasteiger charge is 2.34. The van der Waals surface area contributed by atoms with E-state index in [1.54, 1.807) is 18.4 Å². The van der Waals surface area contributed by atoms with Gasteiger partial charge in [0.15, 0.2) is 0 Å². The summed E-state index contributed by atoms with van der Waals surface area (Å²) in [6.45, 7) is 6.25. The maximum atomic E-state index is 12.0.